The number of rotatable bonds is 3. The smallest absolute Gasteiger partial charge is 0.0106 e. The molecule has 0 aromatic carbocycles. The Kier molecular flexibility index (Phi) is 4.58. The third kappa shape index (κ3) is 3.41. The standard InChI is InChI=1S/C14H28S/c1-6-7-12-9-10(2)8-11(3)13(12)14(4,5)15/h10-13,15H,6-9H2,1-5H3. The topological polar surface area (TPSA) is 0 Å². The van der Waals surface area contributed by atoms with E-state index in [0.29, 0.717) is 0 Å². The molecule has 1 aliphatic rings. The van der Waals surface area contributed by atoms with Crippen LogP contribution in [0.5, 0.6) is 0 Å². The van der Waals surface area contributed by atoms with E-state index in [0.717, 1.165) is 23.7 Å². The Morgan fingerprint density at radius 2 is 1.80 bits per heavy atom. The molecule has 0 N–H and O–H groups in total. The molecule has 4 atom stereocenters. The molecule has 0 radical (unpaired) electrons. The van der Waals surface area contributed by atoms with E-state index >= 15 is 0 Å². The van der Waals surface area contributed by atoms with Crippen molar-refractivity contribution in [2.45, 2.75) is 65.0 Å². The average Bonchev–Trinajstić information content (AvgIpc) is 1.99. The van der Waals surface area contributed by atoms with Crippen LogP contribution in [0.2, 0.25) is 0 Å². The van der Waals surface area contributed by atoms with Crippen molar-refractivity contribution in [3.8, 4) is 0 Å². The second kappa shape index (κ2) is 5.12. The van der Waals surface area contributed by atoms with E-state index in [2.05, 4.69) is 34.6 Å². The van der Waals surface area contributed by atoms with E-state index in [1.807, 2.05) is 0 Å². The Hall–Kier alpha value is 0.350. The molecule has 15 heavy (non-hydrogen) atoms. The normalized spacial score (nSPS) is 38.0. The fourth-order valence-corrected chi connectivity index (χ4v) is 4.41. The summed E-state index contributed by atoms with van der Waals surface area (Å²) in [6.07, 6.45) is 5.54. The van der Waals surface area contributed by atoms with Gasteiger partial charge in [-0.05, 0) is 36.5 Å². The lowest BCUT2D eigenvalue weighted by Gasteiger charge is -2.46. The first-order valence-corrected chi connectivity index (χ1v) is 7.03. The summed E-state index contributed by atoms with van der Waals surface area (Å²) in [5, 5.41) is 0. The highest BCUT2D eigenvalue weighted by Crippen LogP contribution is 2.47. The fraction of sp³-hybridized carbons (Fsp3) is 1.00. The maximum atomic E-state index is 4.84. The molecular weight excluding hydrogens is 200 g/mol. The molecule has 0 nitrogen and oxygen atoms in total. The molecule has 1 heteroatoms. The molecule has 1 aliphatic carbocycles. The minimum atomic E-state index is 0.194. The molecule has 90 valence electrons. The molecule has 0 aromatic heterocycles. The highest BCUT2D eigenvalue weighted by atomic mass is 32.1. The van der Waals surface area contributed by atoms with Gasteiger partial charge in [-0.2, -0.15) is 12.6 Å². The summed E-state index contributed by atoms with van der Waals surface area (Å²) in [6, 6.07) is 0. The van der Waals surface area contributed by atoms with Crippen LogP contribution in [0.25, 0.3) is 0 Å². The molecule has 0 amide bonds. The third-order valence-corrected chi connectivity index (χ3v) is 4.37. The minimum Gasteiger partial charge on any atom is -0.173 e. The lowest BCUT2D eigenvalue weighted by atomic mass is 9.63. The number of hydrogen-bond donors (Lipinski definition) is 1. The highest BCUT2D eigenvalue weighted by molar-refractivity contribution is 7.81. The van der Waals surface area contributed by atoms with E-state index in [-0.39, 0.29) is 4.75 Å². The van der Waals surface area contributed by atoms with Gasteiger partial charge >= 0.3 is 0 Å². The van der Waals surface area contributed by atoms with Crippen molar-refractivity contribution in [3.05, 3.63) is 0 Å². The van der Waals surface area contributed by atoms with E-state index in [4.69, 9.17) is 12.6 Å². The van der Waals surface area contributed by atoms with Gasteiger partial charge in [0.1, 0.15) is 0 Å². The summed E-state index contributed by atoms with van der Waals surface area (Å²) >= 11 is 4.84. The van der Waals surface area contributed by atoms with Crippen LogP contribution in [0.3, 0.4) is 0 Å². The van der Waals surface area contributed by atoms with Crippen LogP contribution in [0, 0.1) is 23.7 Å². The fourth-order valence-electron chi connectivity index (χ4n) is 3.95. The van der Waals surface area contributed by atoms with Crippen LogP contribution >= 0.6 is 12.6 Å². The zero-order valence-corrected chi connectivity index (χ0v) is 12.0. The molecule has 0 bridgehead atoms. The zero-order chi connectivity index (χ0) is 11.6. The van der Waals surface area contributed by atoms with Gasteiger partial charge in [-0.15, -0.1) is 0 Å². The maximum absolute atomic E-state index is 4.84. The lowest BCUT2D eigenvalue weighted by Crippen LogP contribution is -2.41. The second-order valence-electron chi connectivity index (χ2n) is 6.28. The first-order valence-electron chi connectivity index (χ1n) is 6.58. The van der Waals surface area contributed by atoms with Crippen molar-refractivity contribution in [2.24, 2.45) is 23.7 Å². The Morgan fingerprint density at radius 3 is 2.27 bits per heavy atom. The summed E-state index contributed by atoms with van der Waals surface area (Å²) in [4.78, 5) is 0. The molecule has 1 rings (SSSR count). The van der Waals surface area contributed by atoms with Crippen LogP contribution in [0.15, 0.2) is 0 Å². The van der Waals surface area contributed by atoms with Gasteiger partial charge < -0.3 is 0 Å². The quantitative estimate of drug-likeness (QED) is 0.660. The zero-order valence-electron chi connectivity index (χ0n) is 11.1. The van der Waals surface area contributed by atoms with Gasteiger partial charge in [0.05, 0.1) is 0 Å². The molecule has 0 saturated heterocycles. The van der Waals surface area contributed by atoms with E-state index < -0.39 is 0 Å². The molecule has 1 fully saturated rings. The Labute approximate surface area is 102 Å². The minimum absolute atomic E-state index is 0.194. The van der Waals surface area contributed by atoms with Gasteiger partial charge in [-0.1, -0.05) is 47.5 Å². The van der Waals surface area contributed by atoms with Gasteiger partial charge in [-0.3, -0.25) is 0 Å². The summed E-state index contributed by atoms with van der Waals surface area (Å²) in [6.45, 7) is 11.8. The summed E-state index contributed by atoms with van der Waals surface area (Å²) in [5.74, 6) is 3.47. The summed E-state index contributed by atoms with van der Waals surface area (Å²) in [5.41, 5.74) is 0. The summed E-state index contributed by atoms with van der Waals surface area (Å²) in [7, 11) is 0. The van der Waals surface area contributed by atoms with Crippen LogP contribution in [0.1, 0.15) is 60.3 Å². The number of thiol groups is 1. The van der Waals surface area contributed by atoms with E-state index in [1.54, 1.807) is 0 Å². The van der Waals surface area contributed by atoms with Gasteiger partial charge in [-0.25, -0.2) is 0 Å². The van der Waals surface area contributed by atoms with Crippen LogP contribution in [0.4, 0.5) is 0 Å². The molecule has 0 heterocycles. The SMILES string of the molecule is CCCC1CC(C)CC(C)C1C(C)(C)S. The Morgan fingerprint density at radius 1 is 1.20 bits per heavy atom. The van der Waals surface area contributed by atoms with Crippen molar-refractivity contribution in [1.29, 1.82) is 0 Å². The van der Waals surface area contributed by atoms with E-state index in [1.165, 1.54) is 25.7 Å². The van der Waals surface area contributed by atoms with Crippen LogP contribution in [-0.2, 0) is 0 Å². The van der Waals surface area contributed by atoms with Crippen molar-refractivity contribution < 1.29 is 0 Å². The third-order valence-electron chi connectivity index (χ3n) is 4.08. The second-order valence-corrected chi connectivity index (χ2v) is 7.43. The molecular formula is C14H28S. The predicted octanol–water partition coefficient (Wildman–Crippen LogP) is 4.79. The molecule has 0 spiro atoms. The van der Waals surface area contributed by atoms with Crippen LogP contribution < -0.4 is 0 Å². The van der Waals surface area contributed by atoms with Crippen molar-refractivity contribution >= 4 is 12.6 Å². The molecule has 0 aromatic rings. The largest absolute Gasteiger partial charge is 0.173 e. The molecule has 0 aliphatic heterocycles. The monoisotopic (exact) mass is 228 g/mol. The Bertz CT molecular complexity index is 192. The van der Waals surface area contributed by atoms with Crippen molar-refractivity contribution in [1.82, 2.24) is 0 Å². The highest BCUT2D eigenvalue weighted by Gasteiger charge is 2.40. The average molecular weight is 228 g/mol. The van der Waals surface area contributed by atoms with Gasteiger partial charge in [0.25, 0.3) is 0 Å². The molecule has 4 unspecified atom stereocenters. The molecule has 1 saturated carbocycles. The van der Waals surface area contributed by atoms with Crippen LogP contribution in [-0.4, -0.2) is 4.75 Å². The van der Waals surface area contributed by atoms with Crippen molar-refractivity contribution in [3.63, 3.8) is 0 Å². The Balaban J connectivity index is 2.78. The van der Waals surface area contributed by atoms with Gasteiger partial charge in [0.2, 0.25) is 0 Å². The first-order chi connectivity index (χ1) is 6.86. The lowest BCUT2D eigenvalue weighted by molar-refractivity contribution is 0.0919. The van der Waals surface area contributed by atoms with Gasteiger partial charge in [0, 0.05) is 4.75 Å². The predicted molar refractivity (Wildman–Crippen MR) is 72.5 cm³/mol. The van der Waals surface area contributed by atoms with E-state index in [9.17, 15) is 0 Å². The first kappa shape index (κ1) is 13.4. The number of hydrogen-bond acceptors (Lipinski definition) is 1. The van der Waals surface area contributed by atoms with Crippen molar-refractivity contribution in [2.75, 3.05) is 0 Å². The maximum Gasteiger partial charge on any atom is 0.0106 e. The summed E-state index contributed by atoms with van der Waals surface area (Å²) < 4.78 is 0.194. The van der Waals surface area contributed by atoms with Gasteiger partial charge in [0.15, 0.2) is 0 Å².